The first-order chi connectivity index (χ1) is 16.0. The van der Waals surface area contributed by atoms with Gasteiger partial charge in [-0.3, -0.25) is 15.0 Å². The van der Waals surface area contributed by atoms with Crippen molar-refractivity contribution in [1.29, 1.82) is 5.41 Å². The number of ether oxygens (including phenoxy) is 1. The van der Waals surface area contributed by atoms with Crippen molar-refractivity contribution in [1.82, 2.24) is 5.32 Å². The fraction of sp³-hybridized carbons (Fsp3) is 0.654. The van der Waals surface area contributed by atoms with E-state index >= 15 is 0 Å². The Morgan fingerprint density at radius 3 is 2.03 bits per heavy atom. The first-order valence-corrected chi connectivity index (χ1v) is 12.7. The van der Waals surface area contributed by atoms with Gasteiger partial charge in [0, 0.05) is 36.3 Å². The summed E-state index contributed by atoms with van der Waals surface area (Å²) in [4.78, 5) is 27.6. The van der Waals surface area contributed by atoms with Crippen LogP contribution in [0.2, 0.25) is 0 Å². The first kappa shape index (κ1) is 29.2. The number of nitrogens with one attached hydrogen (secondary N) is 2. The van der Waals surface area contributed by atoms with Crippen LogP contribution in [0.15, 0.2) is 24.3 Å². The lowest BCUT2D eigenvalue weighted by atomic mass is 9.85. The number of halogens is 2. The zero-order chi connectivity index (χ0) is 23.2. The molecule has 2 saturated carbocycles. The number of anilines is 1. The van der Waals surface area contributed by atoms with Crippen LogP contribution in [-0.2, 0) is 14.3 Å². The highest BCUT2D eigenvalue weighted by Gasteiger charge is 2.32. The molecule has 9 heteroatoms. The molecule has 1 amide bonds. The number of hydrogen-bond donors (Lipinski definition) is 3. The summed E-state index contributed by atoms with van der Waals surface area (Å²) in [6.07, 6.45) is 10.8. The molecule has 0 unspecified atom stereocenters. The molecule has 1 aromatic rings. The van der Waals surface area contributed by atoms with Crippen molar-refractivity contribution < 1.29 is 14.3 Å². The van der Waals surface area contributed by atoms with E-state index in [2.05, 4.69) is 10.2 Å². The summed E-state index contributed by atoms with van der Waals surface area (Å²) in [6, 6.07) is 7.91. The van der Waals surface area contributed by atoms with Gasteiger partial charge in [0.1, 0.15) is 11.9 Å². The lowest BCUT2D eigenvalue weighted by molar-refractivity contribution is -0.156. The maximum atomic E-state index is 12.8. The van der Waals surface area contributed by atoms with Crippen LogP contribution in [0.25, 0.3) is 0 Å². The molecular weight excluding hydrogens is 487 g/mol. The number of carbonyl (C=O) groups is 2. The zero-order valence-corrected chi connectivity index (χ0v) is 22.0. The molecular formula is C26H40Cl2N4O3. The Morgan fingerprint density at radius 2 is 1.46 bits per heavy atom. The maximum Gasteiger partial charge on any atom is 0.309 e. The van der Waals surface area contributed by atoms with Crippen molar-refractivity contribution >= 4 is 48.2 Å². The Bertz CT molecular complexity index is 830. The van der Waals surface area contributed by atoms with Gasteiger partial charge in [-0.1, -0.05) is 6.42 Å². The molecule has 0 bridgehead atoms. The van der Waals surface area contributed by atoms with Crippen LogP contribution in [0, 0.1) is 17.2 Å². The minimum Gasteiger partial charge on any atom is -0.462 e. The Kier molecular flexibility index (Phi) is 11.6. The molecule has 2 aliphatic carbocycles. The maximum absolute atomic E-state index is 12.8. The van der Waals surface area contributed by atoms with Crippen LogP contribution >= 0.6 is 24.8 Å². The normalized spacial score (nSPS) is 23.4. The second-order valence-corrected chi connectivity index (χ2v) is 9.98. The molecule has 4 rings (SSSR count). The Labute approximate surface area is 221 Å². The van der Waals surface area contributed by atoms with Crippen LogP contribution in [-0.4, -0.2) is 42.9 Å². The molecule has 4 N–H and O–H groups in total. The average Bonchev–Trinajstić information content (AvgIpc) is 2.85. The van der Waals surface area contributed by atoms with E-state index in [1.54, 1.807) is 0 Å². The monoisotopic (exact) mass is 526 g/mol. The van der Waals surface area contributed by atoms with Gasteiger partial charge in [0.15, 0.2) is 0 Å². The van der Waals surface area contributed by atoms with E-state index in [-0.39, 0.29) is 66.5 Å². The predicted octanol–water partition coefficient (Wildman–Crippen LogP) is 4.58. The second-order valence-electron chi connectivity index (χ2n) is 9.98. The summed E-state index contributed by atoms with van der Waals surface area (Å²) in [5.41, 5.74) is 7.37. The molecule has 3 fully saturated rings. The Balaban J connectivity index is 0.00000216. The van der Waals surface area contributed by atoms with Crippen LogP contribution in [0.3, 0.4) is 0 Å². The number of nitrogen functional groups attached to an aromatic ring is 1. The second kappa shape index (κ2) is 13.9. The van der Waals surface area contributed by atoms with E-state index in [0.29, 0.717) is 0 Å². The van der Waals surface area contributed by atoms with Gasteiger partial charge in [-0.25, -0.2) is 0 Å². The van der Waals surface area contributed by atoms with E-state index in [9.17, 15) is 9.59 Å². The van der Waals surface area contributed by atoms with E-state index in [4.69, 9.17) is 15.9 Å². The van der Waals surface area contributed by atoms with Crippen LogP contribution < -0.4 is 16.0 Å². The summed E-state index contributed by atoms with van der Waals surface area (Å²) in [5, 5.41) is 10.8. The van der Waals surface area contributed by atoms with E-state index < -0.39 is 0 Å². The molecule has 196 valence electrons. The van der Waals surface area contributed by atoms with E-state index in [1.165, 1.54) is 19.3 Å². The van der Waals surface area contributed by atoms with Crippen molar-refractivity contribution in [3.63, 3.8) is 0 Å². The first-order valence-electron chi connectivity index (χ1n) is 12.7. The topological polar surface area (TPSA) is 109 Å². The number of rotatable bonds is 6. The Hall–Kier alpha value is -1.99. The van der Waals surface area contributed by atoms with Gasteiger partial charge in [0.25, 0.3) is 0 Å². The predicted molar refractivity (Wildman–Crippen MR) is 144 cm³/mol. The molecule has 35 heavy (non-hydrogen) atoms. The Morgan fingerprint density at radius 1 is 0.857 bits per heavy atom. The number of carbonyl (C=O) groups excluding carboxylic acids is 2. The minimum absolute atomic E-state index is 0. The SMILES string of the molecule is Cl.Cl.N=C(N)c1ccc(N2CCC(C(=O)NC3CCC(C(=O)OC4CCCCC4)CC3)CC2)cc1. The number of hydrogen-bond acceptors (Lipinski definition) is 5. The van der Waals surface area contributed by atoms with Crippen LogP contribution in [0.5, 0.6) is 0 Å². The summed E-state index contributed by atoms with van der Waals surface area (Å²) < 4.78 is 5.76. The van der Waals surface area contributed by atoms with Crippen molar-refractivity contribution in [3.8, 4) is 0 Å². The molecule has 1 heterocycles. The average molecular weight is 528 g/mol. The largest absolute Gasteiger partial charge is 0.462 e. The van der Waals surface area contributed by atoms with Gasteiger partial charge < -0.3 is 20.7 Å². The third-order valence-electron chi connectivity index (χ3n) is 7.65. The molecule has 0 spiro atoms. The van der Waals surface area contributed by atoms with Crippen LogP contribution in [0.1, 0.15) is 76.2 Å². The quantitative estimate of drug-likeness (QED) is 0.285. The highest BCUT2D eigenvalue weighted by atomic mass is 35.5. The van der Waals surface area contributed by atoms with Gasteiger partial charge in [0.05, 0.1) is 5.92 Å². The molecule has 0 radical (unpaired) electrons. The number of nitrogens with zero attached hydrogens (tertiary/aromatic N) is 1. The highest BCUT2D eigenvalue weighted by Crippen LogP contribution is 2.29. The van der Waals surface area contributed by atoms with E-state index in [1.807, 2.05) is 24.3 Å². The number of esters is 1. The minimum atomic E-state index is -0.0182. The highest BCUT2D eigenvalue weighted by molar-refractivity contribution is 5.95. The number of amides is 1. The smallest absolute Gasteiger partial charge is 0.309 e. The molecule has 7 nitrogen and oxygen atoms in total. The number of nitrogens with two attached hydrogens (primary N) is 1. The standard InChI is InChI=1S/C26H38N4O3.2ClH/c27-24(28)18-8-12-22(13-9-18)30-16-14-19(15-17-30)25(31)29-21-10-6-20(7-11-21)26(32)33-23-4-2-1-3-5-23;;/h8-9,12-13,19-21,23H,1-7,10-11,14-17H2,(H3,27,28)(H,29,31);2*1H. The fourth-order valence-corrected chi connectivity index (χ4v) is 5.49. The van der Waals surface area contributed by atoms with Gasteiger partial charge >= 0.3 is 5.97 Å². The molecule has 0 atom stereocenters. The van der Waals surface area contributed by atoms with Crippen molar-refractivity contribution in [2.45, 2.75) is 82.8 Å². The van der Waals surface area contributed by atoms with Gasteiger partial charge in [-0.2, -0.15) is 0 Å². The molecule has 1 saturated heterocycles. The van der Waals surface area contributed by atoms with Crippen molar-refractivity contribution in [2.24, 2.45) is 17.6 Å². The lowest BCUT2D eigenvalue weighted by Gasteiger charge is -2.35. The summed E-state index contributed by atoms with van der Waals surface area (Å²) >= 11 is 0. The summed E-state index contributed by atoms with van der Waals surface area (Å²) in [6.45, 7) is 1.69. The van der Waals surface area contributed by atoms with Crippen molar-refractivity contribution in [3.05, 3.63) is 29.8 Å². The van der Waals surface area contributed by atoms with E-state index in [0.717, 1.165) is 75.7 Å². The van der Waals surface area contributed by atoms with Gasteiger partial charge in [0.2, 0.25) is 5.91 Å². The molecule has 1 aliphatic heterocycles. The van der Waals surface area contributed by atoms with Crippen LogP contribution in [0.4, 0.5) is 5.69 Å². The van der Waals surface area contributed by atoms with Crippen molar-refractivity contribution in [2.75, 3.05) is 18.0 Å². The number of piperidine rings is 1. The molecule has 0 aromatic heterocycles. The summed E-state index contributed by atoms with van der Waals surface area (Å²) in [7, 11) is 0. The van der Waals surface area contributed by atoms with Gasteiger partial charge in [-0.05, 0) is 88.5 Å². The third-order valence-corrected chi connectivity index (χ3v) is 7.65. The zero-order valence-electron chi connectivity index (χ0n) is 20.4. The molecule has 3 aliphatic rings. The molecule has 1 aromatic carbocycles. The number of amidine groups is 1. The van der Waals surface area contributed by atoms with Gasteiger partial charge in [-0.15, -0.1) is 24.8 Å². The third kappa shape index (κ3) is 8.01. The fourth-order valence-electron chi connectivity index (χ4n) is 5.49. The summed E-state index contributed by atoms with van der Waals surface area (Å²) in [5.74, 6) is 0.265. The lowest BCUT2D eigenvalue weighted by Crippen LogP contribution is -2.45. The number of benzene rings is 1.